The lowest BCUT2D eigenvalue weighted by atomic mass is 9.92. The first-order chi connectivity index (χ1) is 8.49. The van der Waals surface area contributed by atoms with E-state index in [4.69, 9.17) is 15.2 Å². The molecule has 3 atom stereocenters. The highest BCUT2D eigenvalue weighted by Gasteiger charge is 2.16. The standard InChI is InChI=1S/C14H23NO3/c1-9(7-12(16)10(2)15)11-5-6-13(17-3)14(8-11)18-4/h5-6,8-10,12,16H,7,15H2,1-4H3. The number of benzene rings is 1. The molecule has 0 radical (unpaired) electrons. The van der Waals surface area contributed by atoms with Crippen LogP contribution in [0.1, 0.15) is 31.7 Å². The van der Waals surface area contributed by atoms with Gasteiger partial charge in [-0.1, -0.05) is 13.0 Å². The summed E-state index contributed by atoms with van der Waals surface area (Å²) >= 11 is 0. The summed E-state index contributed by atoms with van der Waals surface area (Å²) in [6, 6.07) is 5.59. The molecule has 102 valence electrons. The third-order valence-corrected chi connectivity index (χ3v) is 3.18. The monoisotopic (exact) mass is 253 g/mol. The largest absolute Gasteiger partial charge is 0.493 e. The summed E-state index contributed by atoms with van der Waals surface area (Å²) in [6.45, 7) is 3.87. The molecule has 0 bridgehead atoms. The Kier molecular flexibility index (Phi) is 5.44. The lowest BCUT2D eigenvalue weighted by molar-refractivity contribution is 0.134. The van der Waals surface area contributed by atoms with Gasteiger partial charge in [0.1, 0.15) is 0 Å². The number of hydrogen-bond acceptors (Lipinski definition) is 4. The summed E-state index contributed by atoms with van der Waals surface area (Å²) in [4.78, 5) is 0. The topological polar surface area (TPSA) is 64.7 Å². The van der Waals surface area contributed by atoms with Crippen LogP contribution < -0.4 is 15.2 Å². The maximum absolute atomic E-state index is 9.80. The molecule has 18 heavy (non-hydrogen) atoms. The fourth-order valence-electron chi connectivity index (χ4n) is 1.87. The predicted molar refractivity (Wildman–Crippen MR) is 72.2 cm³/mol. The number of hydrogen-bond donors (Lipinski definition) is 2. The molecule has 0 spiro atoms. The highest BCUT2D eigenvalue weighted by atomic mass is 16.5. The zero-order valence-electron chi connectivity index (χ0n) is 11.5. The SMILES string of the molecule is COc1ccc(C(C)CC(O)C(C)N)cc1OC. The van der Waals surface area contributed by atoms with Crippen LogP contribution in [0.4, 0.5) is 0 Å². The van der Waals surface area contributed by atoms with Crippen LogP contribution in [0.3, 0.4) is 0 Å². The second-order valence-corrected chi connectivity index (χ2v) is 4.68. The second-order valence-electron chi connectivity index (χ2n) is 4.68. The molecule has 0 saturated heterocycles. The van der Waals surface area contributed by atoms with Gasteiger partial charge in [0.2, 0.25) is 0 Å². The zero-order chi connectivity index (χ0) is 13.7. The molecule has 3 unspecified atom stereocenters. The van der Waals surface area contributed by atoms with Gasteiger partial charge in [0.05, 0.1) is 20.3 Å². The van der Waals surface area contributed by atoms with Crippen LogP contribution in [0, 0.1) is 0 Å². The van der Waals surface area contributed by atoms with Gasteiger partial charge in [-0.3, -0.25) is 0 Å². The van der Waals surface area contributed by atoms with Gasteiger partial charge >= 0.3 is 0 Å². The number of methoxy groups -OCH3 is 2. The van der Waals surface area contributed by atoms with Gasteiger partial charge in [0.25, 0.3) is 0 Å². The van der Waals surface area contributed by atoms with Crippen LogP contribution in [-0.2, 0) is 0 Å². The van der Waals surface area contributed by atoms with E-state index in [1.165, 1.54) is 0 Å². The zero-order valence-corrected chi connectivity index (χ0v) is 11.5. The van der Waals surface area contributed by atoms with E-state index >= 15 is 0 Å². The fraction of sp³-hybridized carbons (Fsp3) is 0.571. The summed E-state index contributed by atoms with van der Waals surface area (Å²) in [5, 5.41) is 9.80. The maximum Gasteiger partial charge on any atom is 0.160 e. The average molecular weight is 253 g/mol. The lowest BCUT2D eigenvalue weighted by Gasteiger charge is -2.20. The van der Waals surface area contributed by atoms with E-state index in [2.05, 4.69) is 6.92 Å². The molecule has 4 nitrogen and oxygen atoms in total. The van der Waals surface area contributed by atoms with Crippen LogP contribution in [-0.4, -0.2) is 31.5 Å². The summed E-state index contributed by atoms with van der Waals surface area (Å²) in [6.07, 6.45) is 0.140. The van der Waals surface area contributed by atoms with E-state index in [0.29, 0.717) is 17.9 Å². The number of ether oxygens (including phenoxy) is 2. The minimum Gasteiger partial charge on any atom is -0.493 e. The first-order valence-corrected chi connectivity index (χ1v) is 6.15. The number of aliphatic hydroxyl groups excluding tert-OH is 1. The molecule has 0 heterocycles. The van der Waals surface area contributed by atoms with Gasteiger partial charge in [-0.2, -0.15) is 0 Å². The number of aliphatic hydroxyl groups is 1. The molecular formula is C14H23NO3. The number of rotatable bonds is 6. The second kappa shape index (κ2) is 6.61. The van der Waals surface area contributed by atoms with Crippen molar-refractivity contribution in [3.8, 4) is 11.5 Å². The Morgan fingerprint density at radius 3 is 2.28 bits per heavy atom. The van der Waals surface area contributed by atoms with Crippen LogP contribution >= 0.6 is 0 Å². The summed E-state index contributed by atoms with van der Waals surface area (Å²) < 4.78 is 10.5. The molecule has 0 amide bonds. The van der Waals surface area contributed by atoms with E-state index in [0.717, 1.165) is 5.56 Å². The van der Waals surface area contributed by atoms with Crippen LogP contribution in [0.25, 0.3) is 0 Å². The van der Waals surface area contributed by atoms with Crippen molar-refractivity contribution in [3.63, 3.8) is 0 Å². The Hall–Kier alpha value is -1.26. The van der Waals surface area contributed by atoms with Gasteiger partial charge in [-0.25, -0.2) is 0 Å². The molecule has 1 rings (SSSR count). The quantitative estimate of drug-likeness (QED) is 0.812. The molecule has 0 aliphatic heterocycles. The first-order valence-electron chi connectivity index (χ1n) is 6.15. The molecule has 0 aromatic heterocycles. The van der Waals surface area contributed by atoms with Crippen molar-refractivity contribution < 1.29 is 14.6 Å². The van der Waals surface area contributed by atoms with Crippen molar-refractivity contribution in [3.05, 3.63) is 23.8 Å². The molecule has 0 fully saturated rings. The molecule has 0 aliphatic rings. The van der Waals surface area contributed by atoms with Crippen molar-refractivity contribution >= 4 is 0 Å². The Morgan fingerprint density at radius 2 is 1.78 bits per heavy atom. The average Bonchev–Trinajstić information content (AvgIpc) is 2.37. The summed E-state index contributed by atoms with van der Waals surface area (Å²) in [5.74, 6) is 1.63. The van der Waals surface area contributed by atoms with Crippen LogP contribution in [0.15, 0.2) is 18.2 Å². The van der Waals surface area contributed by atoms with Gasteiger partial charge in [-0.05, 0) is 37.0 Å². The van der Waals surface area contributed by atoms with E-state index < -0.39 is 6.10 Å². The predicted octanol–water partition coefficient (Wildman–Crippen LogP) is 1.91. The highest BCUT2D eigenvalue weighted by molar-refractivity contribution is 5.43. The van der Waals surface area contributed by atoms with E-state index in [-0.39, 0.29) is 12.0 Å². The molecule has 1 aromatic rings. The van der Waals surface area contributed by atoms with Crippen molar-refractivity contribution in [1.29, 1.82) is 0 Å². The Morgan fingerprint density at radius 1 is 1.17 bits per heavy atom. The van der Waals surface area contributed by atoms with E-state index in [9.17, 15) is 5.11 Å². The normalized spacial score (nSPS) is 15.9. The Balaban J connectivity index is 2.83. The molecule has 1 aromatic carbocycles. The van der Waals surface area contributed by atoms with Crippen molar-refractivity contribution in [2.45, 2.75) is 38.3 Å². The van der Waals surface area contributed by atoms with Crippen LogP contribution in [0.2, 0.25) is 0 Å². The van der Waals surface area contributed by atoms with Crippen LogP contribution in [0.5, 0.6) is 11.5 Å². The summed E-state index contributed by atoms with van der Waals surface area (Å²) in [5.41, 5.74) is 6.77. The number of nitrogens with two attached hydrogens (primary N) is 1. The van der Waals surface area contributed by atoms with Gasteiger partial charge in [0.15, 0.2) is 11.5 Å². The van der Waals surface area contributed by atoms with E-state index in [1.807, 2.05) is 25.1 Å². The van der Waals surface area contributed by atoms with Crippen molar-refractivity contribution in [1.82, 2.24) is 0 Å². The van der Waals surface area contributed by atoms with Gasteiger partial charge in [-0.15, -0.1) is 0 Å². The molecular weight excluding hydrogens is 230 g/mol. The van der Waals surface area contributed by atoms with Gasteiger partial charge < -0.3 is 20.3 Å². The Bertz CT molecular complexity index is 379. The fourth-order valence-corrected chi connectivity index (χ4v) is 1.87. The van der Waals surface area contributed by atoms with Gasteiger partial charge in [0, 0.05) is 6.04 Å². The maximum atomic E-state index is 9.80. The molecule has 3 N–H and O–H groups in total. The first kappa shape index (κ1) is 14.8. The lowest BCUT2D eigenvalue weighted by Crippen LogP contribution is -2.32. The molecule has 4 heteroatoms. The minimum atomic E-state index is -0.493. The third-order valence-electron chi connectivity index (χ3n) is 3.18. The molecule has 0 saturated carbocycles. The minimum absolute atomic E-state index is 0.214. The summed E-state index contributed by atoms with van der Waals surface area (Å²) in [7, 11) is 3.23. The third kappa shape index (κ3) is 3.62. The van der Waals surface area contributed by atoms with Crippen molar-refractivity contribution in [2.75, 3.05) is 14.2 Å². The Labute approximate surface area is 109 Å². The van der Waals surface area contributed by atoms with Crippen molar-refractivity contribution in [2.24, 2.45) is 5.73 Å². The molecule has 0 aliphatic carbocycles. The highest BCUT2D eigenvalue weighted by Crippen LogP contribution is 2.32. The van der Waals surface area contributed by atoms with E-state index in [1.54, 1.807) is 14.2 Å². The smallest absolute Gasteiger partial charge is 0.160 e.